The zero-order valence-corrected chi connectivity index (χ0v) is 15.8. The predicted octanol–water partition coefficient (Wildman–Crippen LogP) is 2.90. The Kier molecular flexibility index (Phi) is 5.86. The first kappa shape index (κ1) is 21.0. The van der Waals surface area contributed by atoms with Gasteiger partial charge in [-0.05, 0) is 30.7 Å². The second-order valence-electron chi connectivity index (χ2n) is 6.41. The van der Waals surface area contributed by atoms with Crippen molar-refractivity contribution in [2.24, 2.45) is 0 Å². The van der Waals surface area contributed by atoms with Crippen LogP contribution in [0.2, 0.25) is 0 Å². The lowest BCUT2D eigenvalue weighted by molar-refractivity contribution is -0.137. The van der Waals surface area contributed by atoms with Crippen LogP contribution in [0.4, 0.5) is 13.2 Å². The predicted molar refractivity (Wildman–Crippen MR) is 103 cm³/mol. The highest BCUT2D eigenvalue weighted by Crippen LogP contribution is 2.29. The Balaban J connectivity index is 1.85. The van der Waals surface area contributed by atoms with Crippen molar-refractivity contribution in [2.75, 3.05) is 0 Å². The highest BCUT2D eigenvalue weighted by atomic mass is 19.4. The molecule has 0 bridgehead atoms. The van der Waals surface area contributed by atoms with Crippen molar-refractivity contribution in [1.29, 1.82) is 0 Å². The molecule has 7 nitrogen and oxygen atoms in total. The van der Waals surface area contributed by atoms with E-state index < -0.39 is 23.6 Å². The van der Waals surface area contributed by atoms with E-state index in [1.54, 1.807) is 24.3 Å². The number of hydrogen-bond donors (Lipinski definition) is 2. The normalized spacial score (nSPS) is 11.3. The van der Waals surface area contributed by atoms with E-state index in [0.29, 0.717) is 24.4 Å². The Morgan fingerprint density at radius 1 is 1.00 bits per heavy atom. The average Bonchev–Trinajstić information content (AvgIpc) is 2.73. The zero-order valence-electron chi connectivity index (χ0n) is 15.8. The van der Waals surface area contributed by atoms with Gasteiger partial charge in [0.05, 0.1) is 10.9 Å². The largest absolute Gasteiger partial charge is 0.416 e. The number of halogens is 3. The second kappa shape index (κ2) is 8.36. The van der Waals surface area contributed by atoms with Crippen molar-refractivity contribution < 1.29 is 22.8 Å². The fourth-order valence-electron chi connectivity index (χ4n) is 2.85. The van der Waals surface area contributed by atoms with Gasteiger partial charge in [0.25, 0.3) is 17.4 Å². The van der Waals surface area contributed by atoms with E-state index in [1.165, 1.54) is 6.07 Å². The Bertz CT molecular complexity index is 1170. The molecule has 0 aliphatic heterocycles. The summed E-state index contributed by atoms with van der Waals surface area (Å²) in [5.41, 5.74) is 2.50. The Hall–Kier alpha value is -3.69. The van der Waals surface area contributed by atoms with Gasteiger partial charge in [-0.25, -0.2) is 4.68 Å². The van der Waals surface area contributed by atoms with Gasteiger partial charge in [-0.15, -0.1) is 0 Å². The number of hydrazine groups is 1. The van der Waals surface area contributed by atoms with Gasteiger partial charge in [0.15, 0.2) is 5.69 Å². The molecule has 0 unspecified atom stereocenters. The molecule has 2 aromatic carbocycles. The minimum atomic E-state index is -4.60. The molecule has 0 aliphatic rings. The Morgan fingerprint density at radius 3 is 2.33 bits per heavy atom. The molecule has 0 atom stereocenters. The lowest BCUT2D eigenvalue weighted by Gasteiger charge is -2.12. The Labute approximate surface area is 168 Å². The van der Waals surface area contributed by atoms with Crippen molar-refractivity contribution >= 4 is 22.6 Å². The van der Waals surface area contributed by atoms with Crippen LogP contribution >= 0.6 is 0 Å². The third-order valence-electron chi connectivity index (χ3n) is 4.26. The summed E-state index contributed by atoms with van der Waals surface area (Å²) in [6, 6.07) is 10.2. The van der Waals surface area contributed by atoms with Crippen LogP contribution in [0.1, 0.15) is 39.8 Å². The summed E-state index contributed by atoms with van der Waals surface area (Å²) in [6.07, 6.45) is -3.99. The van der Waals surface area contributed by atoms with Crippen LogP contribution in [0.5, 0.6) is 0 Å². The van der Waals surface area contributed by atoms with E-state index >= 15 is 0 Å². The van der Waals surface area contributed by atoms with Gasteiger partial charge in [0.1, 0.15) is 0 Å². The summed E-state index contributed by atoms with van der Waals surface area (Å²) in [4.78, 5) is 37.2. The van der Waals surface area contributed by atoms with Crippen molar-refractivity contribution in [3.8, 4) is 0 Å². The number of nitrogens with zero attached hydrogens (tertiary/aromatic N) is 2. The minimum absolute atomic E-state index is 0.0945. The first-order chi connectivity index (χ1) is 14.2. The van der Waals surface area contributed by atoms with E-state index in [0.717, 1.165) is 16.8 Å². The van der Waals surface area contributed by atoms with Crippen molar-refractivity contribution in [2.45, 2.75) is 26.1 Å². The maximum absolute atomic E-state index is 12.8. The summed E-state index contributed by atoms with van der Waals surface area (Å²) in [7, 11) is 0. The molecule has 1 heterocycles. The van der Waals surface area contributed by atoms with E-state index in [-0.39, 0.29) is 22.2 Å². The molecule has 10 heteroatoms. The average molecular weight is 418 g/mol. The van der Waals surface area contributed by atoms with Crippen LogP contribution in [-0.4, -0.2) is 21.6 Å². The fraction of sp³-hybridized carbons (Fsp3) is 0.200. The van der Waals surface area contributed by atoms with Crippen LogP contribution in [-0.2, 0) is 12.7 Å². The second-order valence-corrected chi connectivity index (χ2v) is 6.41. The molecule has 0 spiro atoms. The number of carbonyl (C=O) groups excluding carboxylic acids is 2. The van der Waals surface area contributed by atoms with Crippen molar-refractivity contribution in [3.63, 3.8) is 0 Å². The quantitative estimate of drug-likeness (QED) is 0.638. The van der Waals surface area contributed by atoms with Gasteiger partial charge >= 0.3 is 6.18 Å². The number of nitrogens with one attached hydrogen (secondary N) is 2. The van der Waals surface area contributed by atoms with E-state index in [1.807, 2.05) is 6.92 Å². The topological polar surface area (TPSA) is 93.1 Å². The van der Waals surface area contributed by atoms with Gasteiger partial charge in [0, 0.05) is 17.5 Å². The number of amides is 2. The van der Waals surface area contributed by atoms with Crippen LogP contribution in [0.15, 0.2) is 53.3 Å². The summed E-state index contributed by atoms with van der Waals surface area (Å²) in [5.74, 6) is -1.74. The van der Waals surface area contributed by atoms with Crippen LogP contribution in [0, 0.1) is 0 Å². The SMILES string of the molecule is CCCn1nc(C(=O)NNC(=O)c2cccc(C(F)(F)F)c2)c2ccccc2c1=O. The lowest BCUT2D eigenvalue weighted by Crippen LogP contribution is -2.42. The third-order valence-corrected chi connectivity index (χ3v) is 4.26. The van der Waals surface area contributed by atoms with Gasteiger partial charge in [-0.2, -0.15) is 18.3 Å². The molecule has 0 saturated heterocycles. The fourth-order valence-corrected chi connectivity index (χ4v) is 2.85. The summed E-state index contributed by atoms with van der Waals surface area (Å²) < 4.78 is 39.6. The standard InChI is InChI=1S/C20H17F3N4O3/c1-2-10-27-19(30)15-9-4-3-8-14(15)16(26-27)18(29)25-24-17(28)12-6-5-7-13(11-12)20(21,22)23/h3-9,11H,2,10H2,1H3,(H,24,28)(H,25,29). The van der Waals surface area contributed by atoms with Crippen molar-refractivity contribution in [3.05, 3.63) is 75.7 Å². The maximum Gasteiger partial charge on any atom is 0.416 e. The molecule has 2 amide bonds. The molecule has 0 aliphatic carbocycles. The number of benzene rings is 2. The molecule has 0 fully saturated rings. The number of hydrogen-bond acceptors (Lipinski definition) is 4. The molecular weight excluding hydrogens is 401 g/mol. The molecule has 0 radical (unpaired) electrons. The van der Waals surface area contributed by atoms with Gasteiger partial charge in [-0.1, -0.05) is 31.2 Å². The van der Waals surface area contributed by atoms with Gasteiger partial charge in [0.2, 0.25) is 0 Å². The van der Waals surface area contributed by atoms with Crippen molar-refractivity contribution in [1.82, 2.24) is 20.6 Å². The number of rotatable bonds is 4. The zero-order chi connectivity index (χ0) is 21.9. The first-order valence-electron chi connectivity index (χ1n) is 9.00. The summed E-state index contributed by atoms with van der Waals surface area (Å²) >= 11 is 0. The van der Waals surface area contributed by atoms with Crippen LogP contribution in [0.25, 0.3) is 10.8 Å². The van der Waals surface area contributed by atoms with E-state index in [2.05, 4.69) is 16.0 Å². The van der Waals surface area contributed by atoms with E-state index in [4.69, 9.17) is 0 Å². The molecule has 1 aromatic heterocycles. The van der Waals surface area contributed by atoms with Crippen LogP contribution < -0.4 is 16.4 Å². The van der Waals surface area contributed by atoms with Gasteiger partial charge in [-0.3, -0.25) is 25.2 Å². The van der Waals surface area contributed by atoms with E-state index in [9.17, 15) is 27.6 Å². The third kappa shape index (κ3) is 4.32. The summed E-state index contributed by atoms with van der Waals surface area (Å²) in [6.45, 7) is 2.14. The number of alkyl halides is 3. The minimum Gasteiger partial charge on any atom is -0.267 e. The summed E-state index contributed by atoms with van der Waals surface area (Å²) in [5, 5.41) is 4.66. The highest BCUT2D eigenvalue weighted by molar-refractivity contribution is 6.06. The number of aryl methyl sites for hydroxylation is 1. The monoisotopic (exact) mass is 418 g/mol. The molecule has 3 rings (SSSR count). The van der Waals surface area contributed by atoms with Crippen LogP contribution in [0.3, 0.4) is 0 Å². The van der Waals surface area contributed by atoms with Gasteiger partial charge < -0.3 is 0 Å². The number of aromatic nitrogens is 2. The molecule has 0 saturated carbocycles. The maximum atomic E-state index is 12.8. The number of carbonyl (C=O) groups is 2. The molecule has 30 heavy (non-hydrogen) atoms. The smallest absolute Gasteiger partial charge is 0.267 e. The lowest BCUT2D eigenvalue weighted by atomic mass is 10.1. The molecule has 3 aromatic rings. The number of fused-ring (bicyclic) bond motifs is 1. The first-order valence-corrected chi connectivity index (χ1v) is 9.00. The molecule has 2 N–H and O–H groups in total. The highest BCUT2D eigenvalue weighted by Gasteiger charge is 2.31. The molecule has 156 valence electrons. The Morgan fingerprint density at radius 2 is 1.67 bits per heavy atom. The molecular formula is C20H17F3N4O3.